The standard InChI is InChI=1S/C28H29NO6/c30-26(31)24-16-13-22(19-25(24)27(32)33)12-15-23(14-11-20-7-3-1-4-8-20)35-28(34)29-18-17-21-9-5-2-6-10-21/h1-10,13,16,19,23H,11-12,14-15,17-18H2,(H,29,34)(H,30,31)(H,32,33). The zero-order chi connectivity index (χ0) is 25.0. The number of carboxylic acids is 2. The Labute approximate surface area is 204 Å². The molecular formula is C28H29NO6. The van der Waals surface area contributed by atoms with Gasteiger partial charge in [-0.25, -0.2) is 14.4 Å². The van der Waals surface area contributed by atoms with Gasteiger partial charge < -0.3 is 20.3 Å². The first kappa shape index (κ1) is 25.5. The highest BCUT2D eigenvalue weighted by atomic mass is 16.6. The summed E-state index contributed by atoms with van der Waals surface area (Å²) in [6.07, 6.45) is 2.06. The van der Waals surface area contributed by atoms with E-state index in [9.17, 15) is 24.6 Å². The summed E-state index contributed by atoms with van der Waals surface area (Å²) in [5.41, 5.74) is 2.41. The van der Waals surface area contributed by atoms with Gasteiger partial charge in [-0.15, -0.1) is 0 Å². The van der Waals surface area contributed by atoms with Crippen LogP contribution in [0.25, 0.3) is 0 Å². The van der Waals surface area contributed by atoms with Crippen LogP contribution in [-0.2, 0) is 24.0 Å². The molecule has 0 aromatic heterocycles. The third-order valence-corrected chi connectivity index (χ3v) is 5.70. The second-order valence-electron chi connectivity index (χ2n) is 8.24. The largest absolute Gasteiger partial charge is 0.478 e. The third-order valence-electron chi connectivity index (χ3n) is 5.70. The number of alkyl carbamates (subject to hydrolysis) is 1. The number of aromatic carboxylic acids is 2. The lowest BCUT2D eigenvalue weighted by molar-refractivity contribution is 0.0651. The Hall–Kier alpha value is -4.13. The molecule has 0 aliphatic rings. The van der Waals surface area contributed by atoms with Crippen molar-refractivity contribution in [1.82, 2.24) is 5.32 Å². The number of amides is 1. The molecule has 0 spiro atoms. The number of carbonyl (C=O) groups is 3. The van der Waals surface area contributed by atoms with E-state index in [4.69, 9.17) is 4.74 Å². The lowest BCUT2D eigenvalue weighted by Crippen LogP contribution is -2.31. The summed E-state index contributed by atoms with van der Waals surface area (Å²) in [7, 11) is 0. The van der Waals surface area contributed by atoms with Gasteiger partial charge in [0.15, 0.2) is 0 Å². The topological polar surface area (TPSA) is 113 Å². The monoisotopic (exact) mass is 475 g/mol. The van der Waals surface area contributed by atoms with Gasteiger partial charge in [0.2, 0.25) is 0 Å². The molecule has 3 rings (SSSR count). The molecule has 35 heavy (non-hydrogen) atoms. The van der Waals surface area contributed by atoms with Crippen molar-refractivity contribution in [2.24, 2.45) is 0 Å². The molecule has 0 bridgehead atoms. The minimum atomic E-state index is -1.29. The molecule has 0 fully saturated rings. The SMILES string of the molecule is O=C(NCCc1ccccc1)OC(CCc1ccccc1)CCc1ccc(C(=O)O)c(C(=O)O)c1. The van der Waals surface area contributed by atoms with Crippen molar-refractivity contribution >= 4 is 18.0 Å². The fraction of sp³-hybridized carbons (Fsp3) is 0.250. The summed E-state index contributed by atoms with van der Waals surface area (Å²) in [6, 6.07) is 24.0. The molecule has 0 heterocycles. The van der Waals surface area contributed by atoms with Gasteiger partial charge in [-0.05, 0) is 60.9 Å². The smallest absolute Gasteiger partial charge is 0.407 e. The average Bonchev–Trinajstić information content (AvgIpc) is 2.86. The Morgan fingerprint density at radius 3 is 1.80 bits per heavy atom. The number of rotatable bonds is 12. The number of carbonyl (C=O) groups excluding carboxylic acids is 1. The predicted octanol–water partition coefficient (Wildman–Crippen LogP) is 4.99. The van der Waals surface area contributed by atoms with Crippen LogP contribution in [0.15, 0.2) is 78.9 Å². The van der Waals surface area contributed by atoms with Crippen LogP contribution in [-0.4, -0.2) is 40.9 Å². The predicted molar refractivity (Wildman–Crippen MR) is 132 cm³/mol. The minimum absolute atomic E-state index is 0.254. The van der Waals surface area contributed by atoms with E-state index in [-0.39, 0.29) is 17.2 Å². The second kappa shape index (κ2) is 12.9. The van der Waals surface area contributed by atoms with Crippen molar-refractivity contribution in [2.75, 3.05) is 6.54 Å². The van der Waals surface area contributed by atoms with E-state index in [1.165, 1.54) is 12.1 Å². The van der Waals surface area contributed by atoms with Crippen molar-refractivity contribution in [3.05, 3.63) is 107 Å². The second-order valence-corrected chi connectivity index (χ2v) is 8.24. The maximum Gasteiger partial charge on any atom is 0.407 e. The molecule has 3 aromatic rings. The van der Waals surface area contributed by atoms with Gasteiger partial charge in [0.05, 0.1) is 11.1 Å². The van der Waals surface area contributed by atoms with Gasteiger partial charge in [0, 0.05) is 6.54 Å². The lowest BCUT2D eigenvalue weighted by atomic mass is 9.98. The Bertz CT molecular complexity index is 1130. The zero-order valence-electron chi connectivity index (χ0n) is 19.4. The summed E-state index contributed by atoms with van der Waals surface area (Å²) in [5, 5.41) is 21.4. The molecule has 3 aromatic carbocycles. The van der Waals surface area contributed by atoms with Crippen LogP contribution < -0.4 is 5.32 Å². The average molecular weight is 476 g/mol. The van der Waals surface area contributed by atoms with Gasteiger partial charge in [-0.2, -0.15) is 0 Å². The van der Waals surface area contributed by atoms with Crippen LogP contribution in [0.3, 0.4) is 0 Å². The van der Waals surface area contributed by atoms with E-state index in [0.29, 0.717) is 37.8 Å². The first-order valence-corrected chi connectivity index (χ1v) is 11.5. The first-order chi connectivity index (χ1) is 16.9. The minimum Gasteiger partial charge on any atom is -0.478 e. The van der Waals surface area contributed by atoms with Crippen LogP contribution in [0.5, 0.6) is 0 Å². The summed E-state index contributed by atoms with van der Waals surface area (Å²) in [4.78, 5) is 35.2. The Morgan fingerprint density at radius 2 is 1.23 bits per heavy atom. The van der Waals surface area contributed by atoms with Crippen LogP contribution in [0.4, 0.5) is 4.79 Å². The number of carboxylic acid groups (broad SMARTS) is 2. The van der Waals surface area contributed by atoms with E-state index < -0.39 is 18.0 Å². The number of aryl methyl sites for hydroxylation is 2. The zero-order valence-corrected chi connectivity index (χ0v) is 19.4. The summed E-state index contributed by atoms with van der Waals surface area (Å²) < 4.78 is 5.71. The molecule has 3 N–H and O–H groups in total. The van der Waals surface area contributed by atoms with Crippen molar-refractivity contribution in [3.63, 3.8) is 0 Å². The van der Waals surface area contributed by atoms with E-state index in [1.54, 1.807) is 6.07 Å². The molecule has 0 aliphatic heterocycles. The van der Waals surface area contributed by atoms with Crippen molar-refractivity contribution in [2.45, 2.75) is 38.2 Å². The number of nitrogens with one attached hydrogen (secondary N) is 1. The molecule has 7 heteroatoms. The Balaban J connectivity index is 1.61. The van der Waals surface area contributed by atoms with Crippen LogP contribution in [0.1, 0.15) is 50.2 Å². The molecular weight excluding hydrogens is 446 g/mol. The number of hydrogen-bond donors (Lipinski definition) is 3. The van der Waals surface area contributed by atoms with Gasteiger partial charge in [-0.3, -0.25) is 0 Å². The Morgan fingerprint density at radius 1 is 0.686 bits per heavy atom. The van der Waals surface area contributed by atoms with Gasteiger partial charge in [-0.1, -0.05) is 66.7 Å². The molecule has 0 saturated heterocycles. The van der Waals surface area contributed by atoms with Crippen LogP contribution in [0, 0.1) is 0 Å². The fourth-order valence-corrected chi connectivity index (χ4v) is 3.82. The van der Waals surface area contributed by atoms with Crippen molar-refractivity contribution < 1.29 is 29.3 Å². The number of benzene rings is 3. The van der Waals surface area contributed by atoms with Crippen LogP contribution in [0.2, 0.25) is 0 Å². The van der Waals surface area contributed by atoms with Crippen molar-refractivity contribution in [1.29, 1.82) is 0 Å². The van der Waals surface area contributed by atoms with Gasteiger partial charge in [0.25, 0.3) is 0 Å². The highest BCUT2D eigenvalue weighted by Gasteiger charge is 2.18. The fourth-order valence-electron chi connectivity index (χ4n) is 3.82. The quantitative estimate of drug-likeness (QED) is 0.340. The third kappa shape index (κ3) is 8.30. The first-order valence-electron chi connectivity index (χ1n) is 11.5. The maximum atomic E-state index is 12.5. The molecule has 0 saturated carbocycles. The molecule has 1 unspecified atom stereocenters. The summed E-state index contributed by atoms with van der Waals surface area (Å²) in [6.45, 7) is 0.451. The molecule has 0 aliphatic carbocycles. The van der Waals surface area contributed by atoms with E-state index in [0.717, 1.165) is 17.5 Å². The summed E-state index contributed by atoms with van der Waals surface area (Å²) >= 11 is 0. The highest BCUT2D eigenvalue weighted by molar-refractivity contribution is 6.01. The van der Waals surface area contributed by atoms with E-state index in [2.05, 4.69) is 5.32 Å². The van der Waals surface area contributed by atoms with Crippen LogP contribution >= 0.6 is 0 Å². The molecule has 1 amide bonds. The van der Waals surface area contributed by atoms with Gasteiger partial charge >= 0.3 is 18.0 Å². The highest BCUT2D eigenvalue weighted by Crippen LogP contribution is 2.18. The number of hydrogen-bond acceptors (Lipinski definition) is 4. The van der Waals surface area contributed by atoms with E-state index in [1.807, 2.05) is 60.7 Å². The normalized spacial score (nSPS) is 11.4. The van der Waals surface area contributed by atoms with Gasteiger partial charge in [0.1, 0.15) is 6.10 Å². The molecule has 1 atom stereocenters. The van der Waals surface area contributed by atoms with Crippen molar-refractivity contribution in [3.8, 4) is 0 Å². The summed E-state index contributed by atoms with van der Waals surface area (Å²) in [5.74, 6) is -2.58. The Kier molecular flexibility index (Phi) is 9.42. The maximum absolute atomic E-state index is 12.5. The molecule has 0 radical (unpaired) electrons. The number of ether oxygens (including phenoxy) is 1. The molecule has 7 nitrogen and oxygen atoms in total. The molecule has 182 valence electrons. The lowest BCUT2D eigenvalue weighted by Gasteiger charge is -2.19. The van der Waals surface area contributed by atoms with E-state index >= 15 is 0 Å².